The first-order valence-corrected chi connectivity index (χ1v) is 5.12. The van der Waals surface area contributed by atoms with E-state index in [-0.39, 0.29) is 12.2 Å². The smallest absolute Gasteiger partial charge is 0.326 e. The third-order valence-electron chi connectivity index (χ3n) is 2.06. The summed E-state index contributed by atoms with van der Waals surface area (Å²) in [6.45, 7) is 3.45. The third kappa shape index (κ3) is 3.75. The molecule has 1 aromatic heterocycles. The topological polar surface area (TPSA) is 92.4 Å². The van der Waals surface area contributed by atoms with Crippen LogP contribution in [0.25, 0.3) is 0 Å². The Bertz CT molecular complexity index is 436. The number of aryl methyl sites for hydroxylation is 1. The summed E-state index contributed by atoms with van der Waals surface area (Å²) < 4.78 is 4.74. The molecule has 1 aromatic rings. The van der Waals surface area contributed by atoms with Crippen LogP contribution in [0.4, 0.5) is 0 Å². The molecule has 0 fully saturated rings. The van der Waals surface area contributed by atoms with Crippen LogP contribution in [-0.2, 0) is 4.79 Å². The molecule has 0 aliphatic heterocycles. The molecule has 0 aliphatic carbocycles. The molecule has 2 N–H and O–H groups in total. The van der Waals surface area contributed by atoms with E-state index < -0.39 is 17.9 Å². The molecule has 0 aliphatic rings. The van der Waals surface area contributed by atoms with Gasteiger partial charge in [-0.25, -0.2) is 4.79 Å². The first-order chi connectivity index (χ1) is 8.04. The van der Waals surface area contributed by atoms with Crippen molar-refractivity contribution in [1.29, 1.82) is 0 Å². The average Bonchev–Trinajstić information content (AvgIpc) is 2.70. The zero-order valence-electron chi connectivity index (χ0n) is 9.64. The molecule has 1 heterocycles. The number of hydrogen-bond acceptors (Lipinski definition) is 4. The summed E-state index contributed by atoms with van der Waals surface area (Å²) in [7, 11) is 0. The molecule has 17 heavy (non-hydrogen) atoms. The van der Waals surface area contributed by atoms with E-state index in [1.807, 2.05) is 0 Å². The van der Waals surface area contributed by atoms with Crippen LogP contribution in [0.5, 0.6) is 0 Å². The molecule has 1 rings (SSSR count). The highest BCUT2D eigenvalue weighted by molar-refractivity contribution is 5.94. The van der Waals surface area contributed by atoms with E-state index in [0.29, 0.717) is 5.69 Å². The van der Waals surface area contributed by atoms with Gasteiger partial charge in [-0.15, -0.1) is 0 Å². The maximum atomic E-state index is 11.6. The number of amides is 1. The molecular formula is C11H14N2O4. The summed E-state index contributed by atoms with van der Waals surface area (Å²) >= 11 is 0. The molecular weight excluding hydrogens is 224 g/mol. The lowest BCUT2D eigenvalue weighted by atomic mass is 10.2. The van der Waals surface area contributed by atoms with Crippen LogP contribution in [0.2, 0.25) is 0 Å². The molecule has 1 unspecified atom stereocenters. The number of nitrogens with one attached hydrogen (secondary N) is 1. The van der Waals surface area contributed by atoms with E-state index in [4.69, 9.17) is 9.63 Å². The molecule has 0 radical (unpaired) electrons. The van der Waals surface area contributed by atoms with E-state index in [2.05, 4.69) is 10.5 Å². The Balaban J connectivity index is 2.67. The number of aliphatic carboxylic acids is 1. The number of carboxylic acid groups (broad SMARTS) is 1. The molecule has 6 nitrogen and oxygen atoms in total. The van der Waals surface area contributed by atoms with E-state index in [0.717, 1.165) is 0 Å². The van der Waals surface area contributed by atoms with Gasteiger partial charge in [0.2, 0.25) is 5.76 Å². The van der Waals surface area contributed by atoms with Crippen molar-refractivity contribution in [2.45, 2.75) is 26.3 Å². The van der Waals surface area contributed by atoms with Gasteiger partial charge in [0.1, 0.15) is 6.04 Å². The van der Waals surface area contributed by atoms with Crippen molar-refractivity contribution in [1.82, 2.24) is 10.5 Å². The lowest BCUT2D eigenvalue weighted by Gasteiger charge is -2.10. The van der Waals surface area contributed by atoms with Crippen molar-refractivity contribution in [3.8, 4) is 0 Å². The van der Waals surface area contributed by atoms with Crippen LogP contribution in [0.1, 0.15) is 29.6 Å². The van der Waals surface area contributed by atoms with E-state index in [1.54, 1.807) is 26.0 Å². The first-order valence-electron chi connectivity index (χ1n) is 5.12. The van der Waals surface area contributed by atoms with Gasteiger partial charge >= 0.3 is 5.97 Å². The zero-order valence-corrected chi connectivity index (χ0v) is 9.64. The summed E-state index contributed by atoms with van der Waals surface area (Å²) in [5.74, 6) is -1.66. The predicted molar refractivity (Wildman–Crippen MR) is 59.6 cm³/mol. The summed E-state index contributed by atoms with van der Waals surface area (Å²) in [4.78, 5) is 22.5. The van der Waals surface area contributed by atoms with Gasteiger partial charge in [-0.2, -0.15) is 0 Å². The highest BCUT2D eigenvalue weighted by Gasteiger charge is 2.21. The molecule has 0 aromatic carbocycles. The van der Waals surface area contributed by atoms with Gasteiger partial charge in [-0.05, 0) is 20.3 Å². The molecule has 0 saturated heterocycles. The molecule has 6 heteroatoms. The van der Waals surface area contributed by atoms with Gasteiger partial charge in [0, 0.05) is 6.07 Å². The normalized spacial score (nSPS) is 12.6. The number of hydrogen-bond donors (Lipinski definition) is 2. The molecule has 0 saturated carbocycles. The van der Waals surface area contributed by atoms with Crippen molar-refractivity contribution in [3.63, 3.8) is 0 Å². The van der Waals surface area contributed by atoms with Crippen molar-refractivity contribution in [2.24, 2.45) is 0 Å². The quantitative estimate of drug-likeness (QED) is 0.750. The van der Waals surface area contributed by atoms with Crippen molar-refractivity contribution < 1.29 is 19.2 Å². The highest BCUT2D eigenvalue weighted by atomic mass is 16.5. The summed E-state index contributed by atoms with van der Waals surface area (Å²) in [5, 5.41) is 14.8. The SMILES string of the molecule is C/C=C/CC(NC(=O)c1cc(C)no1)C(=O)O. The first kappa shape index (κ1) is 13.0. The van der Waals surface area contributed by atoms with Crippen LogP contribution in [-0.4, -0.2) is 28.2 Å². The van der Waals surface area contributed by atoms with Gasteiger partial charge < -0.3 is 14.9 Å². The average molecular weight is 238 g/mol. The van der Waals surface area contributed by atoms with Gasteiger partial charge in [0.15, 0.2) is 0 Å². The van der Waals surface area contributed by atoms with Crippen LogP contribution in [0.3, 0.4) is 0 Å². The molecule has 0 spiro atoms. The van der Waals surface area contributed by atoms with Crippen LogP contribution in [0, 0.1) is 6.92 Å². The van der Waals surface area contributed by atoms with Crippen molar-refractivity contribution in [2.75, 3.05) is 0 Å². The fraction of sp³-hybridized carbons (Fsp3) is 0.364. The number of carboxylic acids is 1. The fourth-order valence-electron chi connectivity index (χ4n) is 1.19. The second kappa shape index (κ2) is 5.83. The van der Waals surface area contributed by atoms with E-state index >= 15 is 0 Å². The van der Waals surface area contributed by atoms with Crippen LogP contribution >= 0.6 is 0 Å². The standard InChI is InChI=1S/C11H14N2O4/c1-3-4-5-8(11(15)16)12-10(14)9-6-7(2)13-17-9/h3-4,6,8H,5H2,1-2H3,(H,12,14)(H,15,16)/b4-3+. The molecule has 92 valence electrons. The number of aromatic nitrogens is 1. The lowest BCUT2D eigenvalue weighted by Crippen LogP contribution is -2.40. The van der Waals surface area contributed by atoms with Gasteiger partial charge in [0.25, 0.3) is 5.91 Å². The Hall–Kier alpha value is -2.11. The Morgan fingerprint density at radius 3 is 2.82 bits per heavy atom. The van der Waals surface area contributed by atoms with Crippen molar-refractivity contribution in [3.05, 3.63) is 29.7 Å². The largest absolute Gasteiger partial charge is 0.480 e. The molecule has 1 amide bonds. The number of nitrogens with zero attached hydrogens (tertiary/aromatic N) is 1. The lowest BCUT2D eigenvalue weighted by molar-refractivity contribution is -0.139. The van der Waals surface area contributed by atoms with Crippen LogP contribution < -0.4 is 5.32 Å². The maximum Gasteiger partial charge on any atom is 0.326 e. The minimum atomic E-state index is -1.09. The molecule has 0 bridgehead atoms. The predicted octanol–water partition coefficient (Wildman–Crippen LogP) is 1.13. The summed E-state index contributed by atoms with van der Waals surface area (Å²) in [6.07, 6.45) is 3.62. The van der Waals surface area contributed by atoms with Gasteiger partial charge in [-0.1, -0.05) is 17.3 Å². The summed E-state index contributed by atoms with van der Waals surface area (Å²) in [6, 6.07) is 0.480. The Kier molecular flexibility index (Phi) is 4.45. The second-order valence-electron chi connectivity index (χ2n) is 3.50. The Labute approximate surface area is 98.3 Å². The third-order valence-corrected chi connectivity index (χ3v) is 2.06. The fourth-order valence-corrected chi connectivity index (χ4v) is 1.19. The Morgan fingerprint density at radius 1 is 1.65 bits per heavy atom. The van der Waals surface area contributed by atoms with Crippen molar-refractivity contribution >= 4 is 11.9 Å². The number of rotatable bonds is 5. The van der Waals surface area contributed by atoms with Crippen LogP contribution in [0.15, 0.2) is 22.7 Å². The van der Waals surface area contributed by atoms with E-state index in [1.165, 1.54) is 6.07 Å². The summed E-state index contributed by atoms with van der Waals surface area (Å²) in [5.41, 5.74) is 0.565. The molecule has 1 atom stereocenters. The Morgan fingerprint density at radius 2 is 2.35 bits per heavy atom. The maximum absolute atomic E-state index is 11.6. The number of carbonyl (C=O) groups is 2. The highest BCUT2D eigenvalue weighted by Crippen LogP contribution is 2.03. The zero-order chi connectivity index (χ0) is 12.8. The second-order valence-corrected chi connectivity index (χ2v) is 3.50. The van der Waals surface area contributed by atoms with E-state index in [9.17, 15) is 9.59 Å². The number of carbonyl (C=O) groups excluding carboxylic acids is 1. The van der Waals surface area contributed by atoms with Gasteiger partial charge in [-0.3, -0.25) is 4.79 Å². The minimum absolute atomic E-state index is 0.00854. The monoisotopic (exact) mass is 238 g/mol. The van der Waals surface area contributed by atoms with Gasteiger partial charge in [0.05, 0.1) is 5.69 Å². The number of allylic oxidation sites excluding steroid dienone is 1. The minimum Gasteiger partial charge on any atom is -0.480 e.